The summed E-state index contributed by atoms with van der Waals surface area (Å²) in [6, 6.07) is 15.4. The summed E-state index contributed by atoms with van der Waals surface area (Å²) in [5, 5.41) is 7.34. The number of nitrogen functional groups attached to an aromatic ring is 1. The molecule has 0 unspecified atom stereocenters. The highest BCUT2D eigenvalue weighted by atomic mass is 16.5. The van der Waals surface area contributed by atoms with Crippen LogP contribution in [0.5, 0.6) is 11.5 Å². The molecule has 3 nitrogen and oxygen atoms in total. The summed E-state index contributed by atoms with van der Waals surface area (Å²) in [5.41, 5.74) is 7.46. The molecule has 3 N–H and O–H groups in total. The molecule has 2 aromatic rings. The van der Waals surface area contributed by atoms with Gasteiger partial charge in [-0.2, -0.15) is 0 Å². The van der Waals surface area contributed by atoms with Gasteiger partial charge in [0, 0.05) is 5.56 Å². The van der Waals surface area contributed by atoms with Crippen molar-refractivity contribution in [3.63, 3.8) is 0 Å². The number of aryl methyl sites for hydroxylation is 1. The molecular weight excluding hydrogens is 248 g/mol. The third-order valence-corrected chi connectivity index (χ3v) is 3.14. The molecule has 0 fully saturated rings. The molecular formula is C17H20N2O. The van der Waals surface area contributed by atoms with Gasteiger partial charge in [0.2, 0.25) is 0 Å². The number of hydrogen-bond donors (Lipinski definition) is 2. The van der Waals surface area contributed by atoms with Crippen molar-refractivity contribution in [1.29, 1.82) is 5.41 Å². The second-order valence-corrected chi connectivity index (χ2v) is 4.79. The van der Waals surface area contributed by atoms with E-state index in [1.807, 2.05) is 24.3 Å². The number of unbranched alkanes of at least 4 members (excludes halogenated alkanes) is 1. The summed E-state index contributed by atoms with van der Waals surface area (Å²) in [6.45, 7) is 2.20. The van der Waals surface area contributed by atoms with Gasteiger partial charge < -0.3 is 10.5 Å². The second-order valence-electron chi connectivity index (χ2n) is 4.79. The molecule has 0 aliphatic heterocycles. The molecule has 0 bridgehead atoms. The third-order valence-electron chi connectivity index (χ3n) is 3.14. The third kappa shape index (κ3) is 3.85. The Balaban J connectivity index is 2.00. The molecule has 2 aromatic carbocycles. The Morgan fingerprint density at radius 1 is 1.00 bits per heavy atom. The van der Waals surface area contributed by atoms with E-state index in [9.17, 15) is 0 Å². The number of benzene rings is 2. The summed E-state index contributed by atoms with van der Waals surface area (Å²) in [7, 11) is 0. The average molecular weight is 268 g/mol. The molecule has 2 rings (SSSR count). The van der Waals surface area contributed by atoms with E-state index in [-0.39, 0.29) is 5.84 Å². The average Bonchev–Trinajstić information content (AvgIpc) is 2.47. The molecule has 0 aromatic heterocycles. The first kappa shape index (κ1) is 14.1. The number of nitrogens with one attached hydrogen (secondary N) is 1. The van der Waals surface area contributed by atoms with Crippen LogP contribution in [0.4, 0.5) is 0 Å². The quantitative estimate of drug-likeness (QED) is 0.612. The number of hydrogen-bond acceptors (Lipinski definition) is 2. The van der Waals surface area contributed by atoms with E-state index in [0.29, 0.717) is 5.56 Å². The summed E-state index contributed by atoms with van der Waals surface area (Å²) in [6.07, 6.45) is 3.54. The first-order valence-electron chi connectivity index (χ1n) is 6.90. The maximum atomic E-state index is 7.34. The minimum absolute atomic E-state index is 0.0665. The summed E-state index contributed by atoms with van der Waals surface area (Å²) < 4.78 is 5.76. The van der Waals surface area contributed by atoms with Crippen LogP contribution in [0.1, 0.15) is 30.9 Å². The summed E-state index contributed by atoms with van der Waals surface area (Å²) in [5.74, 6) is 1.63. The largest absolute Gasteiger partial charge is 0.457 e. The van der Waals surface area contributed by atoms with Crippen molar-refractivity contribution in [3.8, 4) is 11.5 Å². The zero-order valence-electron chi connectivity index (χ0n) is 11.7. The van der Waals surface area contributed by atoms with Crippen molar-refractivity contribution in [2.75, 3.05) is 0 Å². The van der Waals surface area contributed by atoms with Gasteiger partial charge in [0.25, 0.3) is 0 Å². The fourth-order valence-electron chi connectivity index (χ4n) is 1.94. The normalized spacial score (nSPS) is 10.2. The van der Waals surface area contributed by atoms with Gasteiger partial charge in [-0.05, 0) is 54.8 Å². The zero-order valence-corrected chi connectivity index (χ0v) is 11.7. The van der Waals surface area contributed by atoms with Gasteiger partial charge in [-0.25, -0.2) is 0 Å². The van der Waals surface area contributed by atoms with Crippen molar-refractivity contribution in [3.05, 3.63) is 59.7 Å². The SMILES string of the molecule is CCCCc1ccc(Oc2ccc(C(=N)N)cc2)cc1. The topological polar surface area (TPSA) is 59.1 Å². The van der Waals surface area contributed by atoms with E-state index >= 15 is 0 Å². The number of amidine groups is 1. The summed E-state index contributed by atoms with van der Waals surface area (Å²) >= 11 is 0. The van der Waals surface area contributed by atoms with Gasteiger partial charge in [-0.3, -0.25) is 5.41 Å². The van der Waals surface area contributed by atoms with E-state index in [1.54, 1.807) is 12.1 Å². The smallest absolute Gasteiger partial charge is 0.127 e. The van der Waals surface area contributed by atoms with Crippen LogP contribution in [0.25, 0.3) is 0 Å². The first-order valence-corrected chi connectivity index (χ1v) is 6.90. The van der Waals surface area contributed by atoms with Crippen LogP contribution >= 0.6 is 0 Å². The van der Waals surface area contributed by atoms with Crippen LogP contribution < -0.4 is 10.5 Å². The van der Waals surface area contributed by atoms with E-state index in [0.717, 1.165) is 17.9 Å². The molecule has 0 saturated carbocycles. The van der Waals surface area contributed by atoms with Gasteiger partial charge in [0.1, 0.15) is 17.3 Å². The minimum Gasteiger partial charge on any atom is -0.457 e. The highest BCUT2D eigenvalue weighted by Crippen LogP contribution is 2.22. The molecule has 0 aliphatic carbocycles. The van der Waals surface area contributed by atoms with Gasteiger partial charge in [0.15, 0.2) is 0 Å². The standard InChI is InChI=1S/C17H20N2O/c1-2-3-4-13-5-9-15(10-6-13)20-16-11-7-14(8-12-16)17(18)19/h5-12H,2-4H2,1H3,(H3,18,19). The van der Waals surface area contributed by atoms with Gasteiger partial charge >= 0.3 is 0 Å². The lowest BCUT2D eigenvalue weighted by molar-refractivity contribution is 0.482. The van der Waals surface area contributed by atoms with Crippen LogP contribution in [0, 0.1) is 5.41 Å². The lowest BCUT2D eigenvalue weighted by Gasteiger charge is -2.07. The Morgan fingerprint density at radius 2 is 1.55 bits per heavy atom. The molecule has 0 amide bonds. The lowest BCUT2D eigenvalue weighted by Crippen LogP contribution is -2.10. The molecule has 0 atom stereocenters. The predicted octanol–water partition coefficient (Wildman–Crippen LogP) is 4.11. The number of nitrogens with two attached hydrogens (primary N) is 1. The van der Waals surface area contributed by atoms with Crippen molar-refractivity contribution < 1.29 is 4.74 Å². The summed E-state index contributed by atoms with van der Waals surface area (Å²) in [4.78, 5) is 0. The van der Waals surface area contributed by atoms with Crippen LogP contribution in [0.3, 0.4) is 0 Å². The monoisotopic (exact) mass is 268 g/mol. The minimum atomic E-state index is 0.0665. The number of rotatable bonds is 6. The van der Waals surface area contributed by atoms with Crippen LogP contribution in [-0.4, -0.2) is 5.84 Å². The maximum absolute atomic E-state index is 7.34. The Bertz CT molecular complexity index is 559. The highest BCUT2D eigenvalue weighted by molar-refractivity contribution is 5.94. The van der Waals surface area contributed by atoms with E-state index in [1.165, 1.54) is 18.4 Å². The van der Waals surface area contributed by atoms with E-state index < -0.39 is 0 Å². The molecule has 0 heterocycles. The van der Waals surface area contributed by atoms with Gasteiger partial charge in [-0.1, -0.05) is 25.5 Å². The Labute approximate surface area is 119 Å². The van der Waals surface area contributed by atoms with Gasteiger partial charge in [-0.15, -0.1) is 0 Å². The molecule has 0 radical (unpaired) electrons. The maximum Gasteiger partial charge on any atom is 0.127 e. The molecule has 3 heteroatoms. The lowest BCUT2D eigenvalue weighted by atomic mass is 10.1. The van der Waals surface area contributed by atoms with Crippen LogP contribution in [0.2, 0.25) is 0 Å². The van der Waals surface area contributed by atoms with Crippen molar-refractivity contribution in [2.24, 2.45) is 5.73 Å². The van der Waals surface area contributed by atoms with Gasteiger partial charge in [0.05, 0.1) is 0 Å². The first-order chi connectivity index (χ1) is 9.69. The Hall–Kier alpha value is -2.29. The van der Waals surface area contributed by atoms with E-state index in [2.05, 4.69) is 19.1 Å². The van der Waals surface area contributed by atoms with Crippen LogP contribution in [0.15, 0.2) is 48.5 Å². The van der Waals surface area contributed by atoms with E-state index in [4.69, 9.17) is 15.9 Å². The Kier molecular flexibility index (Phi) is 4.77. The second kappa shape index (κ2) is 6.75. The van der Waals surface area contributed by atoms with Crippen molar-refractivity contribution in [1.82, 2.24) is 0 Å². The fourth-order valence-corrected chi connectivity index (χ4v) is 1.94. The predicted molar refractivity (Wildman–Crippen MR) is 82.6 cm³/mol. The Morgan fingerprint density at radius 3 is 2.05 bits per heavy atom. The number of ether oxygens (including phenoxy) is 1. The zero-order chi connectivity index (χ0) is 14.4. The van der Waals surface area contributed by atoms with Crippen LogP contribution in [-0.2, 0) is 6.42 Å². The molecule has 0 spiro atoms. The molecule has 0 aliphatic rings. The molecule has 20 heavy (non-hydrogen) atoms. The molecule has 0 saturated heterocycles. The fraction of sp³-hybridized carbons (Fsp3) is 0.235. The van der Waals surface area contributed by atoms with Crippen molar-refractivity contribution >= 4 is 5.84 Å². The van der Waals surface area contributed by atoms with Crippen molar-refractivity contribution in [2.45, 2.75) is 26.2 Å². The molecule has 104 valence electrons. The highest BCUT2D eigenvalue weighted by Gasteiger charge is 2.00.